The van der Waals surface area contributed by atoms with E-state index in [9.17, 15) is 4.79 Å². The van der Waals surface area contributed by atoms with Crippen LogP contribution in [0.4, 0.5) is 0 Å². The van der Waals surface area contributed by atoms with Crippen molar-refractivity contribution in [3.8, 4) is 5.69 Å². The highest BCUT2D eigenvalue weighted by molar-refractivity contribution is 6.40. The summed E-state index contributed by atoms with van der Waals surface area (Å²) in [6.45, 7) is 0. The van der Waals surface area contributed by atoms with Gasteiger partial charge in [0.1, 0.15) is 5.69 Å². The summed E-state index contributed by atoms with van der Waals surface area (Å²) in [5.74, 6) is -1.18. The molecular formula is C9H4Cl3N3O2. The van der Waals surface area contributed by atoms with Gasteiger partial charge in [-0.3, -0.25) is 0 Å². The van der Waals surface area contributed by atoms with Gasteiger partial charge in [-0.1, -0.05) is 34.8 Å². The minimum absolute atomic E-state index is 0.202. The fourth-order valence-electron chi connectivity index (χ4n) is 1.19. The second-order valence-corrected chi connectivity index (χ2v) is 4.29. The Bertz CT molecular complexity index is 574. The highest BCUT2D eigenvalue weighted by Gasteiger charge is 2.15. The third-order valence-corrected chi connectivity index (χ3v) is 2.69. The highest BCUT2D eigenvalue weighted by atomic mass is 35.5. The van der Waals surface area contributed by atoms with Crippen molar-refractivity contribution in [1.82, 2.24) is 15.0 Å². The summed E-state index contributed by atoms with van der Waals surface area (Å²) >= 11 is 17.6. The molecule has 5 nitrogen and oxygen atoms in total. The van der Waals surface area contributed by atoms with Crippen molar-refractivity contribution in [2.24, 2.45) is 0 Å². The lowest BCUT2D eigenvalue weighted by Crippen LogP contribution is -2.03. The third-order valence-electron chi connectivity index (χ3n) is 1.89. The third kappa shape index (κ3) is 2.36. The zero-order chi connectivity index (χ0) is 12.6. The van der Waals surface area contributed by atoms with E-state index < -0.39 is 5.97 Å². The summed E-state index contributed by atoms with van der Waals surface area (Å²) in [7, 11) is 0. The quantitative estimate of drug-likeness (QED) is 0.924. The maximum atomic E-state index is 10.7. The Morgan fingerprint density at radius 2 is 1.82 bits per heavy atom. The molecule has 2 rings (SSSR count). The number of aromatic carboxylic acids is 1. The summed E-state index contributed by atoms with van der Waals surface area (Å²) in [4.78, 5) is 11.7. The van der Waals surface area contributed by atoms with Gasteiger partial charge in [-0.05, 0) is 12.1 Å². The van der Waals surface area contributed by atoms with Crippen LogP contribution in [-0.4, -0.2) is 26.1 Å². The largest absolute Gasteiger partial charge is 0.476 e. The molecule has 0 spiro atoms. The SMILES string of the molecule is O=C(O)c1cnn(-c2c(Cl)cc(Cl)cc2Cl)n1. The Labute approximate surface area is 111 Å². The molecule has 1 N–H and O–H groups in total. The molecule has 0 saturated heterocycles. The molecule has 2 aromatic rings. The maximum Gasteiger partial charge on any atom is 0.358 e. The smallest absolute Gasteiger partial charge is 0.358 e. The molecular weight excluding hydrogens is 288 g/mol. The van der Waals surface area contributed by atoms with Crippen LogP contribution in [0.2, 0.25) is 15.1 Å². The molecule has 0 aliphatic heterocycles. The van der Waals surface area contributed by atoms with Crippen molar-refractivity contribution in [1.29, 1.82) is 0 Å². The molecule has 88 valence electrons. The van der Waals surface area contributed by atoms with Crippen molar-refractivity contribution < 1.29 is 9.90 Å². The van der Waals surface area contributed by atoms with E-state index in [-0.39, 0.29) is 21.4 Å². The van der Waals surface area contributed by atoms with Gasteiger partial charge in [0, 0.05) is 5.02 Å². The minimum atomic E-state index is -1.18. The number of carbonyl (C=O) groups is 1. The molecule has 0 unspecified atom stereocenters. The molecule has 8 heteroatoms. The van der Waals surface area contributed by atoms with E-state index in [1.165, 1.54) is 12.1 Å². The first-order valence-electron chi connectivity index (χ1n) is 4.29. The van der Waals surface area contributed by atoms with Crippen LogP contribution in [0.3, 0.4) is 0 Å². The van der Waals surface area contributed by atoms with Gasteiger partial charge in [0.2, 0.25) is 0 Å². The molecule has 1 aromatic heterocycles. The number of carboxylic acid groups (broad SMARTS) is 1. The molecule has 0 radical (unpaired) electrons. The van der Waals surface area contributed by atoms with Crippen LogP contribution in [0.1, 0.15) is 10.5 Å². The van der Waals surface area contributed by atoms with Gasteiger partial charge in [-0.15, -0.1) is 9.90 Å². The molecule has 0 atom stereocenters. The average molecular weight is 293 g/mol. The van der Waals surface area contributed by atoms with E-state index in [1.54, 1.807) is 0 Å². The fraction of sp³-hybridized carbons (Fsp3) is 0. The number of nitrogens with zero attached hydrogens (tertiary/aromatic N) is 3. The predicted octanol–water partition coefficient (Wildman–Crippen LogP) is 2.93. The van der Waals surface area contributed by atoms with Gasteiger partial charge >= 0.3 is 5.97 Å². The van der Waals surface area contributed by atoms with Crippen molar-refractivity contribution in [3.05, 3.63) is 39.1 Å². The maximum absolute atomic E-state index is 10.7. The lowest BCUT2D eigenvalue weighted by Gasteiger charge is -2.05. The first-order chi connectivity index (χ1) is 7.99. The van der Waals surface area contributed by atoms with E-state index in [1.807, 2.05) is 0 Å². The second-order valence-electron chi connectivity index (χ2n) is 3.04. The van der Waals surface area contributed by atoms with Crippen molar-refractivity contribution >= 4 is 40.8 Å². The van der Waals surface area contributed by atoms with Crippen LogP contribution < -0.4 is 0 Å². The van der Waals surface area contributed by atoms with Gasteiger partial charge < -0.3 is 5.11 Å². The van der Waals surface area contributed by atoms with Crippen LogP contribution in [0.15, 0.2) is 18.3 Å². The average Bonchev–Trinajstić information content (AvgIpc) is 2.65. The molecule has 0 aliphatic rings. The van der Waals surface area contributed by atoms with E-state index in [0.29, 0.717) is 5.02 Å². The van der Waals surface area contributed by atoms with E-state index in [0.717, 1.165) is 11.0 Å². The molecule has 17 heavy (non-hydrogen) atoms. The molecule has 0 fully saturated rings. The number of benzene rings is 1. The van der Waals surface area contributed by atoms with Gasteiger partial charge in [-0.25, -0.2) is 4.79 Å². The number of halogens is 3. The first-order valence-corrected chi connectivity index (χ1v) is 5.43. The normalized spacial score (nSPS) is 10.5. The van der Waals surface area contributed by atoms with Crippen molar-refractivity contribution in [2.45, 2.75) is 0 Å². The van der Waals surface area contributed by atoms with Crippen LogP contribution in [0.25, 0.3) is 5.69 Å². The highest BCUT2D eigenvalue weighted by Crippen LogP contribution is 2.31. The van der Waals surface area contributed by atoms with E-state index in [2.05, 4.69) is 10.2 Å². The zero-order valence-electron chi connectivity index (χ0n) is 8.06. The van der Waals surface area contributed by atoms with Crippen molar-refractivity contribution in [3.63, 3.8) is 0 Å². The Balaban J connectivity index is 2.56. The van der Waals surface area contributed by atoms with Crippen LogP contribution >= 0.6 is 34.8 Å². The lowest BCUT2D eigenvalue weighted by molar-refractivity contribution is 0.0690. The Hall–Kier alpha value is -1.30. The number of aromatic nitrogens is 3. The summed E-state index contributed by atoms with van der Waals surface area (Å²) in [5, 5.41) is 17.1. The number of hydrogen-bond donors (Lipinski definition) is 1. The summed E-state index contributed by atoms with van der Waals surface area (Å²) in [6, 6.07) is 2.93. The molecule has 0 saturated carbocycles. The lowest BCUT2D eigenvalue weighted by atomic mass is 10.3. The van der Waals surface area contributed by atoms with Gasteiger partial charge in [0.15, 0.2) is 5.69 Å². The topological polar surface area (TPSA) is 68.0 Å². The predicted molar refractivity (Wildman–Crippen MR) is 63.3 cm³/mol. The zero-order valence-corrected chi connectivity index (χ0v) is 10.3. The standard InChI is InChI=1S/C9H4Cl3N3O2/c10-4-1-5(11)8(6(12)2-4)15-13-3-7(14-15)9(16)17/h1-3H,(H,16,17). The van der Waals surface area contributed by atoms with Crippen molar-refractivity contribution in [2.75, 3.05) is 0 Å². The molecule has 1 aromatic carbocycles. The van der Waals surface area contributed by atoms with Gasteiger partial charge in [0.25, 0.3) is 0 Å². The molecule has 0 amide bonds. The fourth-order valence-corrected chi connectivity index (χ4v) is 2.16. The van der Waals surface area contributed by atoms with Gasteiger partial charge in [-0.2, -0.15) is 5.10 Å². The summed E-state index contributed by atoms with van der Waals surface area (Å²) < 4.78 is 0. The Kier molecular flexibility index (Phi) is 3.24. The van der Waals surface area contributed by atoms with Crippen LogP contribution in [0.5, 0.6) is 0 Å². The first kappa shape index (κ1) is 12.2. The monoisotopic (exact) mass is 291 g/mol. The van der Waals surface area contributed by atoms with Gasteiger partial charge in [0.05, 0.1) is 16.2 Å². The van der Waals surface area contributed by atoms with Crippen LogP contribution in [-0.2, 0) is 0 Å². The summed E-state index contributed by atoms with van der Waals surface area (Å²) in [6.07, 6.45) is 1.10. The molecule has 0 bridgehead atoms. The van der Waals surface area contributed by atoms with Crippen LogP contribution in [0, 0.1) is 0 Å². The minimum Gasteiger partial charge on any atom is -0.476 e. The number of carboxylic acids is 1. The van der Waals surface area contributed by atoms with E-state index in [4.69, 9.17) is 39.9 Å². The Morgan fingerprint density at radius 1 is 1.24 bits per heavy atom. The molecule has 0 aliphatic carbocycles. The number of rotatable bonds is 2. The molecule has 1 heterocycles. The summed E-state index contributed by atoms with van der Waals surface area (Å²) in [5.41, 5.74) is 0.0808. The Morgan fingerprint density at radius 3 is 2.29 bits per heavy atom. The number of hydrogen-bond acceptors (Lipinski definition) is 3. The van der Waals surface area contributed by atoms with E-state index >= 15 is 0 Å². The second kappa shape index (κ2) is 4.52.